The SMILES string of the molecule is Cc1c(C(=O)NCC(N)=O)cnc2ncnn12. The van der Waals surface area contributed by atoms with E-state index < -0.39 is 11.8 Å². The predicted molar refractivity (Wildman–Crippen MR) is 57.0 cm³/mol. The fourth-order valence-corrected chi connectivity index (χ4v) is 1.38. The molecule has 17 heavy (non-hydrogen) atoms. The lowest BCUT2D eigenvalue weighted by molar-refractivity contribution is -0.117. The van der Waals surface area contributed by atoms with Crippen LogP contribution in [0.1, 0.15) is 16.1 Å². The Morgan fingerprint density at radius 2 is 2.24 bits per heavy atom. The van der Waals surface area contributed by atoms with Gasteiger partial charge in [-0.3, -0.25) is 9.59 Å². The Morgan fingerprint density at radius 1 is 1.47 bits per heavy atom. The fourth-order valence-electron chi connectivity index (χ4n) is 1.38. The van der Waals surface area contributed by atoms with Crippen molar-refractivity contribution in [3.05, 3.63) is 23.8 Å². The van der Waals surface area contributed by atoms with Crippen LogP contribution in [0.5, 0.6) is 0 Å². The Morgan fingerprint density at radius 3 is 2.94 bits per heavy atom. The molecule has 0 bridgehead atoms. The summed E-state index contributed by atoms with van der Waals surface area (Å²) in [6.45, 7) is 1.50. The summed E-state index contributed by atoms with van der Waals surface area (Å²) in [4.78, 5) is 30.1. The van der Waals surface area contributed by atoms with Gasteiger partial charge >= 0.3 is 0 Å². The molecule has 88 valence electrons. The van der Waals surface area contributed by atoms with Crippen LogP contribution >= 0.6 is 0 Å². The van der Waals surface area contributed by atoms with E-state index in [9.17, 15) is 9.59 Å². The van der Waals surface area contributed by atoms with E-state index in [1.807, 2.05) is 0 Å². The van der Waals surface area contributed by atoms with Crippen LogP contribution in [0.3, 0.4) is 0 Å². The minimum Gasteiger partial charge on any atom is -0.368 e. The number of fused-ring (bicyclic) bond motifs is 1. The molecule has 2 rings (SSSR count). The zero-order valence-corrected chi connectivity index (χ0v) is 9.04. The lowest BCUT2D eigenvalue weighted by Crippen LogP contribution is -2.34. The number of nitrogens with zero attached hydrogens (tertiary/aromatic N) is 4. The summed E-state index contributed by atoms with van der Waals surface area (Å²) in [7, 11) is 0. The Hall–Kier alpha value is -2.51. The van der Waals surface area contributed by atoms with E-state index >= 15 is 0 Å². The molecule has 8 nitrogen and oxygen atoms in total. The van der Waals surface area contributed by atoms with Crippen molar-refractivity contribution in [3.63, 3.8) is 0 Å². The monoisotopic (exact) mass is 234 g/mol. The largest absolute Gasteiger partial charge is 0.368 e. The molecule has 2 aromatic heterocycles. The number of nitrogens with two attached hydrogens (primary N) is 1. The van der Waals surface area contributed by atoms with Crippen molar-refractivity contribution in [1.29, 1.82) is 0 Å². The number of nitrogens with one attached hydrogen (secondary N) is 1. The first-order valence-electron chi connectivity index (χ1n) is 4.81. The third-order valence-electron chi connectivity index (χ3n) is 2.21. The van der Waals surface area contributed by atoms with E-state index in [4.69, 9.17) is 5.73 Å². The first-order valence-corrected chi connectivity index (χ1v) is 4.81. The summed E-state index contributed by atoms with van der Waals surface area (Å²) in [5.41, 5.74) is 5.85. The highest BCUT2D eigenvalue weighted by atomic mass is 16.2. The van der Waals surface area contributed by atoms with E-state index in [-0.39, 0.29) is 6.54 Å². The van der Waals surface area contributed by atoms with Gasteiger partial charge in [0.25, 0.3) is 11.7 Å². The average Bonchev–Trinajstić information content (AvgIpc) is 2.75. The smallest absolute Gasteiger partial charge is 0.255 e. The van der Waals surface area contributed by atoms with Gasteiger partial charge < -0.3 is 11.1 Å². The van der Waals surface area contributed by atoms with Gasteiger partial charge in [0.2, 0.25) is 5.91 Å². The Labute approximate surface area is 95.8 Å². The molecule has 0 atom stereocenters. The zero-order chi connectivity index (χ0) is 12.4. The normalized spacial score (nSPS) is 10.4. The van der Waals surface area contributed by atoms with Gasteiger partial charge in [-0.2, -0.15) is 10.1 Å². The lowest BCUT2D eigenvalue weighted by Gasteiger charge is -2.06. The van der Waals surface area contributed by atoms with E-state index in [2.05, 4.69) is 20.4 Å². The van der Waals surface area contributed by atoms with Gasteiger partial charge in [0.1, 0.15) is 6.33 Å². The fraction of sp³-hybridized carbons (Fsp3) is 0.222. The van der Waals surface area contributed by atoms with E-state index in [1.165, 1.54) is 17.0 Å². The molecule has 0 aromatic carbocycles. The van der Waals surface area contributed by atoms with E-state index in [1.54, 1.807) is 6.92 Å². The van der Waals surface area contributed by atoms with Crippen molar-refractivity contribution in [2.45, 2.75) is 6.92 Å². The summed E-state index contributed by atoms with van der Waals surface area (Å²) in [6, 6.07) is 0. The maximum absolute atomic E-state index is 11.7. The molecule has 0 fully saturated rings. The van der Waals surface area contributed by atoms with Crippen LogP contribution in [0.2, 0.25) is 0 Å². The van der Waals surface area contributed by atoms with Gasteiger partial charge in [-0.15, -0.1) is 0 Å². The van der Waals surface area contributed by atoms with Crippen molar-refractivity contribution in [2.24, 2.45) is 5.73 Å². The van der Waals surface area contributed by atoms with Gasteiger partial charge in [-0.25, -0.2) is 9.50 Å². The van der Waals surface area contributed by atoms with Crippen molar-refractivity contribution in [2.75, 3.05) is 6.54 Å². The Kier molecular flexibility index (Phi) is 2.69. The summed E-state index contributed by atoms with van der Waals surface area (Å²) in [5, 5.41) is 6.31. The van der Waals surface area contributed by atoms with Crippen molar-refractivity contribution in [3.8, 4) is 0 Å². The second kappa shape index (κ2) is 4.16. The molecule has 0 aliphatic carbocycles. The van der Waals surface area contributed by atoms with Crippen LogP contribution in [-0.2, 0) is 4.79 Å². The van der Waals surface area contributed by atoms with Gasteiger partial charge in [0.05, 0.1) is 17.8 Å². The summed E-state index contributed by atoms with van der Waals surface area (Å²) in [5.74, 6) is -0.619. The van der Waals surface area contributed by atoms with Gasteiger partial charge in [0, 0.05) is 6.20 Å². The quantitative estimate of drug-likeness (QED) is 0.681. The van der Waals surface area contributed by atoms with Crippen LogP contribution in [0, 0.1) is 6.92 Å². The maximum atomic E-state index is 11.7. The third-order valence-corrected chi connectivity index (χ3v) is 2.21. The third kappa shape index (κ3) is 2.05. The summed E-state index contributed by atoms with van der Waals surface area (Å²) in [6.07, 6.45) is 2.73. The molecule has 0 unspecified atom stereocenters. The molecule has 3 N–H and O–H groups in total. The second-order valence-electron chi connectivity index (χ2n) is 3.38. The first-order chi connectivity index (χ1) is 8.09. The van der Waals surface area contributed by atoms with Crippen LogP contribution in [0.15, 0.2) is 12.5 Å². The number of primary amides is 1. The molecular formula is C9H10N6O2. The number of aromatic nitrogens is 4. The molecule has 0 aliphatic rings. The zero-order valence-electron chi connectivity index (χ0n) is 9.04. The van der Waals surface area contributed by atoms with Crippen LogP contribution in [-0.4, -0.2) is 37.9 Å². The Balaban J connectivity index is 2.31. The van der Waals surface area contributed by atoms with E-state index in [0.717, 1.165) is 0 Å². The highest BCUT2D eigenvalue weighted by molar-refractivity contribution is 5.97. The number of amides is 2. The number of hydrogen-bond donors (Lipinski definition) is 2. The van der Waals surface area contributed by atoms with Gasteiger partial charge in [-0.1, -0.05) is 0 Å². The van der Waals surface area contributed by atoms with Crippen molar-refractivity contribution >= 4 is 17.6 Å². The standard InChI is InChI=1S/C9H10N6O2/c1-5-6(8(17)11-3-7(10)16)2-12-9-13-4-14-15(5)9/h2,4H,3H2,1H3,(H2,10,16)(H,11,17). The minimum atomic E-state index is -0.606. The van der Waals surface area contributed by atoms with Gasteiger partial charge in [0.15, 0.2) is 0 Å². The van der Waals surface area contributed by atoms with Crippen molar-refractivity contribution < 1.29 is 9.59 Å². The number of aryl methyl sites for hydroxylation is 1. The van der Waals surface area contributed by atoms with Crippen LogP contribution in [0.4, 0.5) is 0 Å². The first kappa shape index (κ1) is 11.0. The second-order valence-corrected chi connectivity index (χ2v) is 3.38. The molecule has 8 heteroatoms. The average molecular weight is 234 g/mol. The highest BCUT2D eigenvalue weighted by Gasteiger charge is 2.13. The number of rotatable bonds is 3. The highest BCUT2D eigenvalue weighted by Crippen LogP contribution is 2.06. The summed E-state index contributed by atoms with van der Waals surface area (Å²) >= 11 is 0. The molecule has 0 spiro atoms. The van der Waals surface area contributed by atoms with Crippen LogP contribution in [0.25, 0.3) is 5.78 Å². The topological polar surface area (TPSA) is 115 Å². The number of carbonyl (C=O) groups is 2. The van der Waals surface area contributed by atoms with Crippen LogP contribution < -0.4 is 11.1 Å². The molecule has 0 aliphatic heterocycles. The number of carbonyl (C=O) groups excluding carboxylic acids is 2. The molecule has 0 radical (unpaired) electrons. The Bertz CT molecular complexity index is 590. The predicted octanol–water partition coefficient (Wildman–Crippen LogP) is -1.35. The van der Waals surface area contributed by atoms with Gasteiger partial charge in [-0.05, 0) is 6.92 Å². The minimum absolute atomic E-state index is 0.215. The van der Waals surface area contributed by atoms with Crippen molar-refractivity contribution in [1.82, 2.24) is 24.9 Å². The molecule has 2 amide bonds. The van der Waals surface area contributed by atoms with E-state index in [0.29, 0.717) is 17.0 Å². The molecular weight excluding hydrogens is 224 g/mol. The molecule has 0 saturated carbocycles. The summed E-state index contributed by atoms with van der Waals surface area (Å²) < 4.78 is 1.44. The molecule has 0 saturated heterocycles. The number of hydrogen-bond acceptors (Lipinski definition) is 5. The lowest BCUT2D eigenvalue weighted by atomic mass is 10.2. The molecule has 2 heterocycles. The maximum Gasteiger partial charge on any atom is 0.255 e. The molecule has 2 aromatic rings.